The van der Waals surface area contributed by atoms with Crippen molar-refractivity contribution in [2.45, 2.75) is 132 Å². The minimum absolute atomic E-state index is 0.124. The molecule has 0 saturated heterocycles. The largest absolute Gasteiger partial charge is 0.540 e. The van der Waals surface area contributed by atoms with Crippen molar-refractivity contribution < 1.29 is 91.5 Å². The van der Waals surface area contributed by atoms with E-state index in [1.165, 1.54) is 0 Å². The van der Waals surface area contributed by atoms with Gasteiger partial charge < -0.3 is 28.4 Å². The summed E-state index contributed by atoms with van der Waals surface area (Å²) in [5.74, 6) is 0. The number of rotatable bonds is 18. The molecule has 0 radical (unpaired) electrons. The Kier molecular flexibility index (Phi) is 19.5. The molecule has 0 heterocycles. The van der Waals surface area contributed by atoms with Gasteiger partial charge in [-0.3, -0.25) is 19.6 Å². The molecule has 0 saturated carbocycles. The van der Waals surface area contributed by atoms with E-state index >= 15 is 0 Å². The third-order valence-electron chi connectivity index (χ3n) is 5.92. The predicted octanol–water partition coefficient (Wildman–Crippen LogP) is 7.47. The van der Waals surface area contributed by atoms with Crippen LogP contribution in [0.1, 0.15) is 110 Å². The molecule has 0 spiro atoms. The Morgan fingerprint density at radius 3 is 0.654 bits per heavy atom. The molecule has 0 aromatic heterocycles. The fourth-order valence-electron chi connectivity index (χ4n) is 2.91. The van der Waals surface area contributed by atoms with Gasteiger partial charge in [-0.1, -0.05) is 13.8 Å². The van der Waals surface area contributed by atoms with Gasteiger partial charge in [-0.2, -0.15) is 19.6 Å². The Labute approximate surface area is 305 Å². The maximum absolute atomic E-state index is 12.9. The minimum Gasteiger partial charge on any atom is -0.433 e. The zero-order chi connectivity index (χ0) is 40.4. The topological polar surface area (TPSA) is 215 Å². The highest BCUT2D eigenvalue weighted by Crippen LogP contribution is 2.28. The summed E-state index contributed by atoms with van der Waals surface area (Å²) in [6.07, 6.45) is -5.82. The van der Waals surface area contributed by atoms with Crippen molar-refractivity contribution in [3.63, 3.8) is 0 Å². The summed E-state index contributed by atoms with van der Waals surface area (Å²) in [6, 6.07) is 0. The van der Waals surface area contributed by atoms with Gasteiger partial charge in [-0.25, -0.2) is 24.0 Å². The molecular weight excluding hydrogens is 700 g/mol. The normalized spacial score (nSPS) is 12.6. The van der Waals surface area contributed by atoms with E-state index in [0.29, 0.717) is 0 Å². The van der Waals surface area contributed by atoms with Gasteiger partial charge >= 0.3 is 30.8 Å². The summed E-state index contributed by atoms with van der Waals surface area (Å²) in [7, 11) is 0. The Balaban J connectivity index is 5.82. The third kappa shape index (κ3) is 24.4. The highest BCUT2D eigenvalue weighted by molar-refractivity contribution is 5.61. The Morgan fingerprint density at radius 1 is 0.327 bits per heavy atom. The van der Waals surface area contributed by atoms with Crippen LogP contribution in [0.4, 0.5) is 24.0 Å². The van der Waals surface area contributed by atoms with Gasteiger partial charge in [0.15, 0.2) is 0 Å². The van der Waals surface area contributed by atoms with Gasteiger partial charge in [0, 0.05) is 0 Å². The van der Waals surface area contributed by atoms with Crippen LogP contribution >= 0.6 is 0 Å². The quantitative estimate of drug-likeness (QED) is 0.0573. The standard InChI is InChI=1S/C33H58O19/c1-15-32(19-41-24(35)45-49-28(3,4)5,20-42-25(36)46-50-29(6,7)8)17-39-23(34)40-18-33(16-2,21-43-26(37)47-51-30(9,10)11)22-44-27(38)48-52-31(12,13)14/h15-22H2,1-14H3. The van der Waals surface area contributed by atoms with Crippen LogP contribution in [0, 0.1) is 10.8 Å². The molecule has 0 fully saturated rings. The number of ether oxygens (including phenoxy) is 6. The Hall–Kier alpha value is -3.81. The van der Waals surface area contributed by atoms with Crippen LogP contribution in [-0.2, 0) is 67.5 Å². The van der Waals surface area contributed by atoms with E-state index in [2.05, 4.69) is 19.6 Å². The molecule has 0 aliphatic carbocycles. The highest BCUT2D eigenvalue weighted by atomic mass is 17.3. The number of carbonyl (C=O) groups is 5. The fraction of sp³-hybridized carbons (Fsp3) is 0.848. The van der Waals surface area contributed by atoms with E-state index in [4.69, 9.17) is 48.0 Å². The third-order valence-corrected chi connectivity index (χ3v) is 5.92. The number of carbonyl (C=O) groups excluding carboxylic acids is 5. The van der Waals surface area contributed by atoms with Gasteiger partial charge in [0.1, 0.15) is 62.0 Å². The highest BCUT2D eigenvalue weighted by Gasteiger charge is 2.38. The van der Waals surface area contributed by atoms with Gasteiger partial charge in [0.25, 0.3) is 0 Å². The first-order valence-electron chi connectivity index (χ1n) is 16.5. The zero-order valence-electron chi connectivity index (χ0n) is 32.9. The van der Waals surface area contributed by atoms with E-state index in [0.717, 1.165) is 0 Å². The maximum atomic E-state index is 12.9. The lowest BCUT2D eigenvalue weighted by Gasteiger charge is -2.32. The molecule has 0 aromatic rings. The Morgan fingerprint density at radius 2 is 0.500 bits per heavy atom. The van der Waals surface area contributed by atoms with Crippen LogP contribution in [0.3, 0.4) is 0 Å². The monoisotopic (exact) mass is 758 g/mol. The molecule has 52 heavy (non-hydrogen) atoms. The van der Waals surface area contributed by atoms with E-state index in [1.807, 2.05) is 0 Å². The smallest absolute Gasteiger partial charge is 0.433 e. The van der Waals surface area contributed by atoms with Crippen LogP contribution in [0.15, 0.2) is 0 Å². The number of hydrogen-bond donors (Lipinski definition) is 0. The van der Waals surface area contributed by atoms with Crippen molar-refractivity contribution in [1.29, 1.82) is 0 Å². The summed E-state index contributed by atoms with van der Waals surface area (Å²) < 4.78 is 31.4. The molecule has 0 amide bonds. The summed E-state index contributed by atoms with van der Waals surface area (Å²) in [5, 5.41) is 0. The SMILES string of the molecule is CCC(COC(=O)OCC(CC)(COC(=O)OOC(C)(C)C)COC(=O)OOC(C)(C)C)(COC(=O)OOC(C)(C)C)COC(=O)OOC(C)(C)C. The Bertz CT molecular complexity index is 970. The molecule has 304 valence electrons. The lowest BCUT2D eigenvalue weighted by molar-refractivity contribution is -0.315. The molecule has 0 aliphatic rings. The first-order chi connectivity index (χ1) is 23.6. The molecule has 0 bridgehead atoms. The molecule has 0 N–H and O–H groups in total. The van der Waals surface area contributed by atoms with Crippen molar-refractivity contribution in [1.82, 2.24) is 0 Å². The van der Waals surface area contributed by atoms with E-state index in [9.17, 15) is 24.0 Å². The van der Waals surface area contributed by atoms with Crippen molar-refractivity contribution in [2.24, 2.45) is 10.8 Å². The van der Waals surface area contributed by atoms with Crippen LogP contribution in [0.25, 0.3) is 0 Å². The molecule has 0 aromatic carbocycles. The molecule has 0 aliphatic heterocycles. The van der Waals surface area contributed by atoms with Gasteiger partial charge in [0.2, 0.25) is 0 Å². The molecular formula is C33H58O19. The second kappa shape index (κ2) is 21.0. The minimum atomic E-state index is -1.35. The van der Waals surface area contributed by atoms with Crippen LogP contribution in [-0.4, -0.2) is 92.8 Å². The van der Waals surface area contributed by atoms with Crippen LogP contribution < -0.4 is 0 Å². The van der Waals surface area contributed by atoms with Crippen molar-refractivity contribution in [3.05, 3.63) is 0 Å². The summed E-state index contributed by atoms with van der Waals surface area (Å²) in [6.45, 7) is 20.0. The average Bonchev–Trinajstić information content (AvgIpc) is 3.02. The van der Waals surface area contributed by atoms with Gasteiger partial charge in [-0.05, 0) is 95.9 Å². The van der Waals surface area contributed by atoms with Gasteiger partial charge in [-0.15, -0.1) is 0 Å². The molecule has 0 unspecified atom stereocenters. The zero-order valence-corrected chi connectivity index (χ0v) is 32.9. The lowest BCUT2D eigenvalue weighted by Crippen LogP contribution is -2.41. The summed E-state index contributed by atoms with van der Waals surface area (Å²) >= 11 is 0. The van der Waals surface area contributed by atoms with Crippen molar-refractivity contribution in [3.8, 4) is 0 Å². The van der Waals surface area contributed by atoms with Gasteiger partial charge in [0.05, 0.1) is 10.8 Å². The summed E-state index contributed by atoms with van der Waals surface area (Å²) in [5.41, 5.74) is -6.03. The number of hydrogen-bond acceptors (Lipinski definition) is 19. The average molecular weight is 759 g/mol. The second-order valence-electron chi connectivity index (χ2n) is 15.8. The predicted molar refractivity (Wildman–Crippen MR) is 176 cm³/mol. The summed E-state index contributed by atoms with van der Waals surface area (Å²) in [4.78, 5) is 100. The van der Waals surface area contributed by atoms with E-state index < -0.39 is 104 Å². The fourth-order valence-corrected chi connectivity index (χ4v) is 2.91. The van der Waals surface area contributed by atoms with Crippen molar-refractivity contribution in [2.75, 3.05) is 39.6 Å². The van der Waals surface area contributed by atoms with Crippen molar-refractivity contribution >= 4 is 30.8 Å². The van der Waals surface area contributed by atoms with E-state index in [1.54, 1.807) is 96.9 Å². The molecule has 19 heteroatoms. The van der Waals surface area contributed by atoms with E-state index in [-0.39, 0.29) is 12.8 Å². The van der Waals surface area contributed by atoms with Crippen LogP contribution in [0.5, 0.6) is 0 Å². The molecule has 0 rings (SSSR count). The molecule has 19 nitrogen and oxygen atoms in total. The molecule has 0 atom stereocenters. The first kappa shape index (κ1) is 48.2. The lowest BCUT2D eigenvalue weighted by atomic mass is 9.88. The second-order valence-corrected chi connectivity index (χ2v) is 15.8. The van der Waals surface area contributed by atoms with Crippen LogP contribution in [0.2, 0.25) is 0 Å². The maximum Gasteiger partial charge on any atom is 0.540 e. The first-order valence-corrected chi connectivity index (χ1v) is 16.5.